The van der Waals surface area contributed by atoms with Crippen LogP contribution in [0.3, 0.4) is 0 Å². The molecule has 1 aliphatic rings. The molecule has 1 saturated heterocycles. The SMILES string of the molecule is Cc1c(C(NC(=O)N2CCOC(CO)C2)C(C)C)oc2ccccc12. The summed E-state index contributed by atoms with van der Waals surface area (Å²) >= 11 is 0. The Morgan fingerprint density at radius 3 is 2.84 bits per heavy atom. The Balaban J connectivity index is 1.81. The Morgan fingerprint density at radius 1 is 1.40 bits per heavy atom. The van der Waals surface area contributed by atoms with Gasteiger partial charge in [-0.1, -0.05) is 32.0 Å². The lowest BCUT2D eigenvalue weighted by molar-refractivity contribution is -0.0407. The van der Waals surface area contributed by atoms with Gasteiger partial charge >= 0.3 is 6.03 Å². The second kappa shape index (κ2) is 7.45. The van der Waals surface area contributed by atoms with Crippen LogP contribution in [0.4, 0.5) is 4.79 Å². The van der Waals surface area contributed by atoms with E-state index in [1.807, 2.05) is 31.2 Å². The summed E-state index contributed by atoms with van der Waals surface area (Å²) in [4.78, 5) is 14.4. The van der Waals surface area contributed by atoms with E-state index in [2.05, 4.69) is 19.2 Å². The molecule has 2 atom stereocenters. The van der Waals surface area contributed by atoms with Gasteiger partial charge < -0.3 is 24.5 Å². The Morgan fingerprint density at radius 2 is 2.16 bits per heavy atom. The lowest BCUT2D eigenvalue weighted by Gasteiger charge is -2.33. The molecule has 0 aliphatic carbocycles. The van der Waals surface area contributed by atoms with Gasteiger partial charge in [0.25, 0.3) is 0 Å². The number of carbonyl (C=O) groups excluding carboxylic acids is 1. The highest BCUT2D eigenvalue weighted by Gasteiger charge is 2.29. The topological polar surface area (TPSA) is 74.9 Å². The summed E-state index contributed by atoms with van der Waals surface area (Å²) in [5.41, 5.74) is 1.89. The van der Waals surface area contributed by atoms with Crippen molar-refractivity contribution in [3.8, 4) is 0 Å². The van der Waals surface area contributed by atoms with Crippen molar-refractivity contribution in [1.82, 2.24) is 10.2 Å². The third-order valence-electron chi connectivity index (χ3n) is 4.74. The number of furan rings is 1. The van der Waals surface area contributed by atoms with E-state index in [1.165, 1.54) is 0 Å². The molecule has 25 heavy (non-hydrogen) atoms. The standard InChI is InChI=1S/C19H26N2O4/c1-12(2)17(18-13(3)15-6-4-5-7-16(15)25-18)20-19(23)21-8-9-24-14(10-21)11-22/h4-7,12,14,17,22H,8-11H2,1-3H3,(H,20,23). The molecule has 6 nitrogen and oxygen atoms in total. The molecule has 0 bridgehead atoms. The predicted octanol–water partition coefficient (Wildman–Crippen LogP) is 2.84. The zero-order chi connectivity index (χ0) is 18.0. The number of nitrogens with zero attached hydrogens (tertiary/aromatic N) is 1. The molecule has 1 aliphatic heterocycles. The van der Waals surface area contributed by atoms with Crippen LogP contribution in [-0.2, 0) is 4.74 Å². The minimum absolute atomic E-state index is 0.0833. The van der Waals surface area contributed by atoms with Crippen molar-refractivity contribution in [2.45, 2.75) is 32.9 Å². The maximum atomic E-state index is 12.7. The van der Waals surface area contributed by atoms with E-state index in [0.29, 0.717) is 19.7 Å². The lowest BCUT2D eigenvalue weighted by atomic mass is 9.98. The van der Waals surface area contributed by atoms with Gasteiger partial charge in [-0.15, -0.1) is 0 Å². The van der Waals surface area contributed by atoms with Gasteiger partial charge in [0.05, 0.1) is 31.9 Å². The molecule has 0 spiro atoms. The maximum absolute atomic E-state index is 12.7. The summed E-state index contributed by atoms with van der Waals surface area (Å²) < 4.78 is 11.5. The minimum atomic E-state index is -0.315. The zero-order valence-electron chi connectivity index (χ0n) is 15.0. The van der Waals surface area contributed by atoms with E-state index in [1.54, 1.807) is 4.90 Å². The first-order valence-electron chi connectivity index (χ1n) is 8.77. The van der Waals surface area contributed by atoms with Crippen LogP contribution in [0.2, 0.25) is 0 Å². The largest absolute Gasteiger partial charge is 0.459 e. The molecule has 2 unspecified atom stereocenters. The number of ether oxygens (including phenoxy) is 1. The van der Waals surface area contributed by atoms with Crippen LogP contribution in [-0.4, -0.2) is 48.4 Å². The third-order valence-corrected chi connectivity index (χ3v) is 4.74. The van der Waals surface area contributed by atoms with Crippen molar-refractivity contribution in [1.29, 1.82) is 0 Å². The van der Waals surface area contributed by atoms with E-state index < -0.39 is 0 Å². The number of aliphatic hydroxyl groups is 1. The normalized spacial score (nSPS) is 19.4. The molecule has 2 aromatic rings. The van der Waals surface area contributed by atoms with Crippen LogP contribution in [0.1, 0.15) is 31.2 Å². The molecule has 0 saturated carbocycles. The molecule has 2 N–H and O–H groups in total. The molecule has 2 heterocycles. The predicted molar refractivity (Wildman–Crippen MR) is 95.5 cm³/mol. The molecular weight excluding hydrogens is 320 g/mol. The molecule has 1 aromatic carbocycles. The first-order chi connectivity index (χ1) is 12.0. The van der Waals surface area contributed by atoms with Crippen LogP contribution in [0.5, 0.6) is 0 Å². The van der Waals surface area contributed by atoms with Crippen LogP contribution < -0.4 is 5.32 Å². The summed E-state index contributed by atoms with van der Waals surface area (Å²) in [6, 6.07) is 7.54. The van der Waals surface area contributed by atoms with Gasteiger partial charge in [0.2, 0.25) is 0 Å². The number of aliphatic hydroxyl groups excluding tert-OH is 1. The quantitative estimate of drug-likeness (QED) is 0.893. The van der Waals surface area contributed by atoms with Crippen molar-refractivity contribution in [2.75, 3.05) is 26.3 Å². The first kappa shape index (κ1) is 17.8. The molecule has 1 fully saturated rings. The fourth-order valence-corrected chi connectivity index (χ4v) is 3.26. The Kier molecular flexibility index (Phi) is 5.30. The first-order valence-corrected chi connectivity index (χ1v) is 8.77. The second-order valence-corrected chi connectivity index (χ2v) is 6.88. The molecule has 3 rings (SSSR count). The van der Waals surface area contributed by atoms with Crippen LogP contribution >= 0.6 is 0 Å². The number of morpholine rings is 1. The Bertz CT molecular complexity index is 740. The number of aryl methyl sites for hydroxylation is 1. The number of carbonyl (C=O) groups is 1. The number of urea groups is 1. The van der Waals surface area contributed by atoms with Crippen LogP contribution in [0, 0.1) is 12.8 Å². The summed E-state index contributed by atoms with van der Waals surface area (Å²) in [7, 11) is 0. The minimum Gasteiger partial charge on any atom is -0.459 e. The second-order valence-electron chi connectivity index (χ2n) is 6.88. The Hall–Kier alpha value is -2.05. The van der Waals surface area contributed by atoms with E-state index in [4.69, 9.17) is 9.15 Å². The van der Waals surface area contributed by atoms with Crippen molar-refractivity contribution < 1.29 is 19.1 Å². The van der Waals surface area contributed by atoms with Gasteiger partial charge in [-0.25, -0.2) is 4.79 Å². The highest BCUT2D eigenvalue weighted by Crippen LogP contribution is 2.32. The maximum Gasteiger partial charge on any atom is 0.318 e. The summed E-state index contributed by atoms with van der Waals surface area (Å²) in [5, 5.41) is 13.4. The van der Waals surface area contributed by atoms with Gasteiger partial charge in [-0.2, -0.15) is 0 Å². The van der Waals surface area contributed by atoms with Crippen LogP contribution in [0.25, 0.3) is 11.0 Å². The summed E-state index contributed by atoms with van der Waals surface area (Å²) in [6.07, 6.45) is -0.315. The van der Waals surface area contributed by atoms with Gasteiger partial charge in [0, 0.05) is 17.5 Å². The molecule has 2 amide bonds. The lowest BCUT2D eigenvalue weighted by Crippen LogP contribution is -2.51. The van der Waals surface area contributed by atoms with Crippen molar-refractivity contribution in [3.63, 3.8) is 0 Å². The number of para-hydroxylation sites is 1. The Labute approximate surface area is 147 Å². The highest BCUT2D eigenvalue weighted by atomic mass is 16.5. The molecule has 1 aromatic heterocycles. The number of hydrogen-bond acceptors (Lipinski definition) is 4. The summed E-state index contributed by atoms with van der Waals surface area (Å²) in [5.74, 6) is 0.981. The van der Waals surface area contributed by atoms with Gasteiger partial charge in [-0.3, -0.25) is 0 Å². The molecule has 136 valence electrons. The number of benzene rings is 1. The van der Waals surface area contributed by atoms with Crippen molar-refractivity contribution in [3.05, 3.63) is 35.6 Å². The smallest absolute Gasteiger partial charge is 0.318 e. The van der Waals surface area contributed by atoms with Gasteiger partial charge in [0.15, 0.2) is 0 Å². The molecule has 6 heteroatoms. The molecular formula is C19H26N2O4. The fraction of sp³-hybridized carbons (Fsp3) is 0.526. The number of rotatable bonds is 4. The van der Waals surface area contributed by atoms with E-state index in [-0.39, 0.29) is 30.7 Å². The summed E-state index contributed by atoms with van der Waals surface area (Å²) in [6.45, 7) is 7.42. The van der Waals surface area contributed by atoms with Gasteiger partial charge in [-0.05, 0) is 18.9 Å². The number of fused-ring (bicyclic) bond motifs is 1. The van der Waals surface area contributed by atoms with E-state index in [9.17, 15) is 9.90 Å². The van der Waals surface area contributed by atoms with E-state index in [0.717, 1.165) is 22.3 Å². The third kappa shape index (κ3) is 3.65. The highest BCUT2D eigenvalue weighted by molar-refractivity contribution is 5.82. The van der Waals surface area contributed by atoms with Crippen molar-refractivity contribution in [2.24, 2.45) is 5.92 Å². The van der Waals surface area contributed by atoms with Crippen LogP contribution in [0.15, 0.2) is 28.7 Å². The average Bonchev–Trinajstić information content (AvgIpc) is 2.96. The van der Waals surface area contributed by atoms with E-state index >= 15 is 0 Å². The molecule has 0 radical (unpaired) electrons. The van der Waals surface area contributed by atoms with Gasteiger partial charge in [0.1, 0.15) is 11.3 Å². The number of hydrogen-bond donors (Lipinski definition) is 2. The average molecular weight is 346 g/mol. The monoisotopic (exact) mass is 346 g/mol. The zero-order valence-corrected chi connectivity index (χ0v) is 15.0. The number of amides is 2. The van der Waals surface area contributed by atoms with Crippen molar-refractivity contribution >= 4 is 17.0 Å². The number of nitrogens with one attached hydrogen (secondary N) is 1. The fourth-order valence-electron chi connectivity index (χ4n) is 3.26.